The number of hydrogen-bond acceptors (Lipinski definition) is 8. The molecule has 1 aliphatic rings. The molecular formula is C15H15N5O2S2. The Hall–Kier alpha value is -2.13. The molecule has 9 heteroatoms. The van der Waals surface area contributed by atoms with Crippen LogP contribution in [0.15, 0.2) is 21.5 Å². The molecule has 1 saturated heterocycles. The molecule has 1 amide bonds. The maximum atomic E-state index is 12.5. The normalized spacial score (nSPS) is 18.0. The van der Waals surface area contributed by atoms with Gasteiger partial charge in [-0.1, -0.05) is 9.64 Å². The molecule has 1 unspecified atom stereocenters. The molecule has 0 aliphatic carbocycles. The highest BCUT2D eigenvalue weighted by Gasteiger charge is 2.30. The highest BCUT2D eigenvalue weighted by Crippen LogP contribution is 2.35. The Morgan fingerprint density at radius 3 is 3.12 bits per heavy atom. The van der Waals surface area contributed by atoms with Crippen LogP contribution in [0.5, 0.6) is 0 Å². The lowest BCUT2D eigenvalue weighted by Crippen LogP contribution is -2.39. The Bertz CT molecular complexity index is 842. The summed E-state index contributed by atoms with van der Waals surface area (Å²) in [5.74, 6) is 0.835. The average Bonchev–Trinajstić information content (AvgIpc) is 3.35. The number of aromatic nitrogens is 4. The lowest BCUT2D eigenvalue weighted by atomic mass is 9.93. The molecule has 0 spiro atoms. The zero-order chi connectivity index (χ0) is 16.5. The number of aryl methyl sites for hydroxylation is 1. The lowest BCUT2D eigenvalue weighted by molar-refractivity contribution is 0.0701. The van der Waals surface area contributed by atoms with E-state index in [9.17, 15) is 4.79 Å². The number of carbonyl (C=O) groups is 1. The van der Waals surface area contributed by atoms with Crippen LogP contribution in [0.25, 0.3) is 10.6 Å². The van der Waals surface area contributed by atoms with Crippen LogP contribution in [0.3, 0.4) is 0 Å². The third-order valence-electron chi connectivity index (χ3n) is 4.11. The quantitative estimate of drug-likeness (QED) is 0.713. The van der Waals surface area contributed by atoms with Gasteiger partial charge in [-0.25, -0.2) is 4.98 Å². The largest absolute Gasteiger partial charge is 0.355 e. The number of nitrogens with zero attached hydrogens (tertiary/aromatic N) is 5. The average molecular weight is 361 g/mol. The van der Waals surface area contributed by atoms with E-state index in [1.807, 2.05) is 17.9 Å². The molecule has 124 valence electrons. The van der Waals surface area contributed by atoms with Crippen LogP contribution in [0, 0.1) is 6.92 Å². The molecule has 0 aromatic carbocycles. The predicted octanol–water partition coefficient (Wildman–Crippen LogP) is 2.98. The predicted molar refractivity (Wildman–Crippen MR) is 90.1 cm³/mol. The van der Waals surface area contributed by atoms with E-state index in [-0.39, 0.29) is 11.8 Å². The summed E-state index contributed by atoms with van der Waals surface area (Å²) in [6.07, 6.45) is 1.92. The molecule has 3 aromatic heterocycles. The van der Waals surface area contributed by atoms with Crippen molar-refractivity contribution in [3.63, 3.8) is 0 Å². The first-order chi connectivity index (χ1) is 11.7. The molecule has 0 N–H and O–H groups in total. The van der Waals surface area contributed by atoms with Crippen molar-refractivity contribution in [2.45, 2.75) is 25.7 Å². The first-order valence-electron chi connectivity index (χ1n) is 7.66. The van der Waals surface area contributed by atoms with Gasteiger partial charge in [-0.15, -0.1) is 16.4 Å². The van der Waals surface area contributed by atoms with E-state index >= 15 is 0 Å². The number of carbonyl (C=O) groups excluding carboxylic acids is 1. The summed E-state index contributed by atoms with van der Waals surface area (Å²) in [4.78, 5) is 19.4. The van der Waals surface area contributed by atoms with Gasteiger partial charge in [0, 0.05) is 30.5 Å². The molecular weight excluding hydrogens is 346 g/mol. The molecule has 24 heavy (non-hydrogen) atoms. The van der Waals surface area contributed by atoms with E-state index in [0.29, 0.717) is 18.0 Å². The minimum Gasteiger partial charge on any atom is -0.355 e. The van der Waals surface area contributed by atoms with E-state index in [0.717, 1.165) is 35.7 Å². The van der Waals surface area contributed by atoms with Crippen molar-refractivity contribution in [1.82, 2.24) is 24.6 Å². The third-order valence-corrected chi connectivity index (χ3v) is 5.45. The zero-order valence-electron chi connectivity index (χ0n) is 13.0. The Morgan fingerprint density at radius 2 is 2.38 bits per heavy atom. The van der Waals surface area contributed by atoms with Crippen LogP contribution in [-0.4, -0.2) is 43.6 Å². The number of rotatable bonds is 3. The van der Waals surface area contributed by atoms with Crippen molar-refractivity contribution < 1.29 is 9.32 Å². The van der Waals surface area contributed by atoms with Gasteiger partial charge in [0.25, 0.3) is 5.91 Å². The van der Waals surface area contributed by atoms with Crippen LogP contribution in [-0.2, 0) is 0 Å². The van der Waals surface area contributed by atoms with Gasteiger partial charge in [-0.3, -0.25) is 4.79 Å². The number of likely N-dealkylation sites (tertiary alicyclic amines) is 1. The monoisotopic (exact) mass is 361 g/mol. The number of thiazole rings is 1. The van der Waals surface area contributed by atoms with Gasteiger partial charge in [-0.05, 0) is 31.3 Å². The van der Waals surface area contributed by atoms with Gasteiger partial charge in [0.2, 0.25) is 0 Å². The van der Waals surface area contributed by atoms with Crippen molar-refractivity contribution in [3.05, 3.63) is 34.0 Å². The van der Waals surface area contributed by atoms with Gasteiger partial charge in [0.15, 0.2) is 5.76 Å². The Kier molecular flexibility index (Phi) is 4.11. The van der Waals surface area contributed by atoms with Crippen molar-refractivity contribution in [1.29, 1.82) is 0 Å². The number of hydrogen-bond donors (Lipinski definition) is 0. The molecule has 3 aromatic rings. The van der Waals surface area contributed by atoms with Gasteiger partial charge in [-0.2, -0.15) is 0 Å². The van der Waals surface area contributed by atoms with Crippen LogP contribution < -0.4 is 0 Å². The summed E-state index contributed by atoms with van der Waals surface area (Å²) in [6.45, 7) is 3.26. The van der Waals surface area contributed by atoms with Crippen molar-refractivity contribution >= 4 is 28.8 Å². The Morgan fingerprint density at radius 1 is 1.46 bits per heavy atom. The molecule has 1 fully saturated rings. The highest BCUT2D eigenvalue weighted by molar-refractivity contribution is 7.09. The molecule has 0 saturated carbocycles. The standard InChI is InChI=1S/C15H15N5O2S2/c1-9-5-12(22-18-9)14-13(17-19-24-14)10-3-2-4-20(6-10)15(21)11-7-23-8-16-11/h5,7-8,10H,2-4,6H2,1H3. The van der Waals surface area contributed by atoms with Crippen LogP contribution in [0.1, 0.15) is 40.6 Å². The van der Waals surface area contributed by atoms with Gasteiger partial charge < -0.3 is 9.42 Å². The molecule has 7 nitrogen and oxygen atoms in total. The summed E-state index contributed by atoms with van der Waals surface area (Å²) in [7, 11) is 0. The SMILES string of the molecule is Cc1cc(-c2snnc2C2CCCN(C(=O)c3cscn3)C2)on1. The minimum absolute atomic E-state index is 0.0128. The molecule has 0 bridgehead atoms. The van der Waals surface area contributed by atoms with Crippen LogP contribution >= 0.6 is 22.9 Å². The fraction of sp³-hybridized carbons (Fsp3) is 0.400. The lowest BCUT2D eigenvalue weighted by Gasteiger charge is -2.31. The smallest absolute Gasteiger partial charge is 0.273 e. The van der Waals surface area contributed by atoms with Gasteiger partial charge in [0.05, 0.1) is 16.9 Å². The third kappa shape index (κ3) is 2.84. The van der Waals surface area contributed by atoms with Crippen molar-refractivity contribution in [2.75, 3.05) is 13.1 Å². The van der Waals surface area contributed by atoms with E-state index < -0.39 is 0 Å². The maximum Gasteiger partial charge on any atom is 0.273 e. The second-order valence-corrected chi connectivity index (χ2v) is 7.26. The Labute approximate surface area is 146 Å². The van der Waals surface area contributed by atoms with Crippen LogP contribution in [0.4, 0.5) is 0 Å². The van der Waals surface area contributed by atoms with Crippen LogP contribution in [0.2, 0.25) is 0 Å². The van der Waals surface area contributed by atoms with Crippen molar-refractivity contribution in [2.24, 2.45) is 0 Å². The summed E-state index contributed by atoms with van der Waals surface area (Å²) in [6, 6.07) is 1.89. The first kappa shape index (κ1) is 15.4. The first-order valence-corrected chi connectivity index (χ1v) is 9.37. The summed E-state index contributed by atoms with van der Waals surface area (Å²) in [5, 5.41) is 10.0. The second-order valence-electron chi connectivity index (χ2n) is 5.78. The number of amides is 1. The minimum atomic E-state index is -0.0128. The van der Waals surface area contributed by atoms with E-state index in [4.69, 9.17) is 4.52 Å². The van der Waals surface area contributed by atoms with Gasteiger partial charge >= 0.3 is 0 Å². The summed E-state index contributed by atoms with van der Waals surface area (Å²) in [5.41, 5.74) is 3.92. The fourth-order valence-corrected chi connectivity index (χ4v) is 4.19. The number of piperidine rings is 1. The van der Waals surface area contributed by atoms with E-state index in [1.165, 1.54) is 22.9 Å². The van der Waals surface area contributed by atoms with E-state index in [1.54, 1.807) is 10.9 Å². The van der Waals surface area contributed by atoms with Crippen molar-refractivity contribution in [3.8, 4) is 10.6 Å². The topological polar surface area (TPSA) is 85.0 Å². The Balaban J connectivity index is 1.57. The second kappa shape index (κ2) is 6.40. The molecule has 1 atom stereocenters. The zero-order valence-corrected chi connectivity index (χ0v) is 14.6. The summed E-state index contributed by atoms with van der Waals surface area (Å²) < 4.78 is 9.46. The molecule has 0 radical (unpaired) electrons. The molecule has 4 heterocycles. The van der Waals surface area contributed by atoms with E-state index in [2.05, 4.69) is 19.7 Å². The highest BCUT2D eigenvalue weighted by atomic mass is 32.1. The maximum absolute atomic E-state index is 12.5. The fourth-order valence-electron chi connectivity index (χ4n) is 2.97. The van der Waals surface area contributed by atoms with Gasteiger partial charge in [0.1, 0.15) is 10.6 Å². The molecule has 4 rings (SSSR count). The summed E-state index contributed by atoms with van der Waals surface area (Å²) >= 11 is 2.74. The molecule has 1 aliphatic heterocycles.